The van der Waals surface area contributed by atoms with E-state index in [1.54, 1.807) is 36.4 Å². The first-order valence-electron chi connectivity index (χ1n) is 12.6. The number of halogens is 2. The van der Waals surface area contributed by atoms with E-state index in [1.807, 2.05) is 13.8 Å². The number of amides is 2. The lowest BCUT2D eigenvalue weighted by Gasteiger charge is -2.39. The molecule has 39 heavy (non-hydrogen) atoms. The molecule has 2 amide bonds. The van der Waals surface area contributed by atoms with E-state index in [1.165, 1.54) is 20.5 Å². The second-order valence-electron chi connectivity index (χ2n) is 10.1. The Balaban J connectivity index is 0.00000353. The van der Waals surface area contributed by atoms with Gasteiger partial charge in [-0.05, 0) is 55.8 Å². The first kappa shape index (κ1) is 29.7. The van der Waals surface area contributed by atoms with Gasteiger partial charge in [0.25, 0.3) is 5.91 Å². The van der Waals surface area contributed by atoms with Gasteiger partial charge in [0, 0.05) is 54.6 Å². The minimum Gasteiger partial charge on any atom is -0.352 e. The molecule has 13 heteroatoms. The molecule has 5 rings (SSSR count). The van der Waals surface area contributed by atoms with Crippen LogP contribution in [0.15, 0.2) is 41.3 Å². The number of sulfonamides is 1. The van der Waals surface area contributed by atoms with Crippen LogP contribution in [0.2, 0.25) is 5.02 Å². The second kappa shape index (κ2) is 11.7. The Kier molecular flexibility index (Phi) is 8.89. The number of aromatic nitrogens is 1. The predicted molar refractivity (Wildman–Crippen MR) is 155 cm³/mol. The molecule has 0 saturated carbocycles. The van der Waals surface area contributed by atoms with Crippen molar-refractivity contribution in [2.24, 2.45) is 0 Å². The number of nitrogens with zero attached hydrogens (tertiary/aromatic N) is 3. The molecule has 2 atom stereocenters. The topological polar surface area (TPSA) is 112 Å². The second-order valence-corrected chi connectivity index (χ2v) is 13.5. The van der Waals surface area contributed by atoms with E-state index >= 15 is 0 Å². The number of benzene rings is 2. The lowest BCUT2D eigenvalue weighted by molar-refractivity contribution is -0.127. The fourth-order valence-electron chi connectivity index (χ4n) is 4.85. The highest BCUT2D eigenvalue weighted by Gasteiger charge is 2.41. The SMILES string of the molecule is CC(C)NC(=O)C1CN(S(=O)(=O)c2ccc3cc(Cl)ccc3c2)CCN1C(=O)c1nc2c(s1)CNC(C)C2.Cl. The number of carbonyl (C=O) groups is 2. The molecule has 3 aromatic rings. The molecule has 0 radical (unpaired) electrons. The average molecular weight is 613 g/mol. The third-order valence-electron chi connectivity index (χ3n) is 6.82. The van der Waals surface area contributed by atoms with Crippen LogP contribution in [-0.4, -0.2) is 72.2 Å². The van der Waals surface area contributed by atoms with Gasteiger partial charge in [-0.2, -0.15) is 4.31 Å². The molecule has 0 aliphatic carbocycles. The molecule has 3 heterocycles. The monoisotopic (exact) mass is 611 g/mol. The van der Waals surface area contributed by atoms with E-state index in [-0.39, 0.29) is 54.9 Å². The Morgan fingerprint density at radius 2 is 1.87 bits per heavy atom. The van der Waals surface area contributed by atoms with Crippen molar-refractivity contribution in [2.45, 2.75) is 56.8 Å². The highest BCUT2D eigenvalue weighted by Crippen LogP contribution is 2.28. The van der Waals surface area contributed by atoms with Crippen molar-refractivity contribution in [3.05, 3.63) is 57.0 Å². The largest absolute Gasteiger partial charge is 0.352 e. The molecule has 0 spiro atoms. The van der Waals surface area contributed by atoms with Crippen LogP contribution in [-0.2, 0) is 27.8 Å². The smallest absolute Gasteiger partial charge is 0.283 e. The van der Waals surface area contributed by atoms with Gasteiger partial charge in [0.15, 0.2) is 5.01 Å². The number of thiazole rings is 1. The predicted octanol–water partition coefficient (Wildman–Crippen LogP) is 3.45. The third-order valence-corrected chi connectivity index (χ3v) is 10.0. The molecule has 2 aliphatic heterocycles. The Morgan fingerprint density at radius 1 is 1.15 bits per heavy atom. The summed E-state index contributed by atoms with van der Waals surface area (Å²) in [5.41, 5.74) is 0.909. The third kappa shape index (κ3) is 6.08. The molecule has 2 aromatic carbocycles. The Labute approximate surface area is 243 Å². The van der Waals surface area contributed by atoms with Gasteiger partial charge >= 0.3 is 0 Å². The molecule has 2 aliphatic rings. The number of piperazine rings is 1. The van der Waals surface area contributed by atoms with E-state index < -0.39 is 22.0 Å². The van der Waals surface area contributed by atoms with Crippen molar-refractivity contribution in [3.8, 4) is 0 Å². The van der Waals surface area contributed by atoms with Gasteiger partial charge in [0.1, 0.15) is 6.04 Å². The van der Waals surface area contributed by atoms with E-state index in [0.717, 1.165) is 27.8 Å². The maximum Gasteiger partial charge on any atom is 0.283 e. The van der Waals surface area contributed by atoms with Gasteiger partial charge in [-0.3, -0.25) is 9.59 Å². The standard InChI is InChI=1S/C26H30ClN5O4S2.ClH/c1-15(2)29-24(33)22-14-31(38(35,36)20-7-5-17-11-19(27)6-4-18(17)12-20)8-9-32(22)26(34)25-30-21-10-16(3)28-13-23(21)37-25;/h4-7,11-12,15-16,22,28H,8-10,13-14H2,1-3H3,(H,29,33);1H. The molecule has 0 bridgehead atoms. The minimum absolute atomic E-state index is 0. The van der Waals surface area contributed by atoms with Crippen molar-refractivity contribution < 1.29 is 18.0 Å². The van der Waals surface area contributed by atoms with Gasteiger partial charge in [-0.1, -0.05) is 23.7 Å². The Morgan fingerprint density at radius 3 is 2.62 bits per heavy atom. The van der Waals surface area contributed by atoms with E-state index in [9.17, 15) is 18.0 Å². The fraction of sp³-hybridized carbons (Fsp3) is 0.423. The highest BCUT2D eigenvalue weighted by molar-refractivity contribution is 7.89. The summed E-state index contributed by atoms with van der Waals surface area (Å²) in [5.74, 6) is -0.737. The van der Waals surface area contributed by atoms with E-state index in [4.69, 9.17) is 11.6 Å². The van der Waals surface area contributed by atoms with Crippen LogP contribution in [0.4, 0.5) is 0 Å². The maximum absolute atomic E-state index is 13.6. The van der Waals surface area contributed by atoms with Crippen molar-refractivity contribution in [2.75, 3.05) is 19.6 Å². The fourth-order valence-corrected chi connectivity index (χ4v) is 7.50. The average Bonchev–Trinajstić information content (AvgIpc) is 3.30. The Hall–Kier alpha value is -2.28. The van der Waals surface area contributed by atoms with Crippen LogP contribution < -0.4 is 10.6 Å². The summed E-state index contributed by atoms with van der Waals surface area (Å²) in [7, 11) is -3.92. The van der Waals surface area contributed by atoms with Crippen LogP contribution >= 0.6 is 35.3 Å². The number of hydrogen-bond donors (Lipinski definition) is 2. The van der Waals surface area contributed by atoms with Gasteiger partial charge in [-0.15, -0.1) is 23.7 Å². The van der Waals surface area contributed by atoms with Crippen LogP contribution in [0.5, 0.6) is 0 Å². The number of hydrogen-bond acceptors (Lipinski definition) is 7. The van der Waals surface area contributed by atoms with Gasteiger partial charge in [0.05, 0.1) is 10.6 Å². The maximum atomic E-state index is 13.6. The summed E-state index contributed by atoms with van der Waals surface area (Å²) < 4.78 is 28.6. The minimum atomic E-state index is -3.92. The molecule has 210 valence electrons. The van der Waals surface area contributed by atoms with Gasteiger partial charge in [0.2, 0.25) is 15.9 Å². The first-order valence-corrected chi connectivity index (χ1v) is 15.2. The molecular weight excluding hydrogens is 581 g/mol. The normalized spacial score (nSPS) is 20.0. The van der Waals surface area contributed by atoms with Crippen LogP contribution in [0.3, 0.4) is 0 Å². The van der Waals surface area contributed by atoms with Crippen LogP contribution in [0.25, 0.3) is 10.8 Å². The van der Waals surface area contributed by atoms with Crippen molar-refractivity contribution in [1.82, 2.24) is 24.8 Å². The highest BCUT2D eigenvalue weighted by atomic mass is 35.5. The molecule has 1 fully saturated rings. The number of rotatable bonds is 5. The molecule has 1 aromatic heterocycles. The van der Waals surface area contributed by atoms with Gasteiger partial charge in [-0.25, -0.2) is 13.4 Å². The van der Waals surface area contributed by atoms with Crippen molar-refractivity contribution >= 4 is 68.0 Å². The summed E-state index contributed by atoms with van der Waals surface area (Å²) in [5, 5.41) is 8.70. The van der Waals surface area contributed by atoms with Crippen molar-refractivity contribution in [1.29, 1.82) is 0 Å². The summed E-state index contributed by atoms with van der Waals surface area (Å²) in [4.78, 5) is 34.0. The zero-order chi connectivity index (χ0) is 27.2. The summed E-state index contributed by atoms with van der Waals surface area (Å²) in [6.45, 7) is 6.38. The molecule has 2 unspecified atom stereocenters. The summed E-state index contributed by atoms with van der Waals surface area (Å²) in [6.07, 6.45) is 0.736. The van der Waals surface area contributed by atoms with Crippen LogP contribution in [0.1, 0.15) is 41.1 Å². The van der Waals surface area contributed by atoms with Crippen molar-refractivity contribution in [3.63, 3.8) is 0 Å². The lowest BCUT2D eigenvalue weighted by Crippen LogP contribution is -2.62. The van der Waals surface area contributed by atoms with E-state index in [0.29, 0.717) is 16.6 Å². The first-order chi connectivity index (χ1) is 18.0. The van der Waals surface area contributed by atoms with E-state index in [2.05, 4.69) is 22.5 Å². The zero-order valence-corrected chi connectivity index (χ0v) is 25.0. The lowest BCUT2D eigenvalue weighted by atomic mass is 10.1. The zero-order valence-electron chi connectivity index (χ0n) is 21.8. The number of nitrogens with one attached hydrogen (secondary N) is 2. The number of fused-ring (bicyclic) bond motifs is 2. The molecule has 2 N–H and O–H groups in total. The van der Waals surface area contributed by atoms with Crippen LogP contribution in [0, 0.1) is 0 Å². The molecular formula is C26H31Cl2N5O4S2. The van der Waals surface area contributed by atoms with Gasteiger partial charge < -0.3 is 15.5 Å². The molecule has 1 saturated heterocycles. The Bertz CT molecular complexity index is 1510. The summed E-state index contributed by atoms with van der Waals surface area (Å²) in [6, 6.07) is 9.26. The summed E-state index contributed by atoms with van der Waals surface area (Å²) >= 11 is 7.40. The molecule has 9 nitrogen and oxygen atoms in total. The number of carbonyl (C=O) groups excluding carboxylic acids is 2. The quantitative estimate of drug-likeness (QED) is 0.457.